The van der Waals surface area contributed by atoms with E-state index in [9.17, 15) is 28.1 Å². The maximum Gasteiger partial charge on any atom is 0.416 e. The summed E-state index contributed by atoms with van der Waals surface area (Å²) in [5.41, 5.74) is -0.290. The Morgan fingerprint density at radius 1 is 1.15 bits per heavy atom. The van der Waals surface area contributed by atoms with Gasteiger partial charge >= 0.3 is 6.18 Å². The van der Waals surface area contributed by atoms with Crippen molar-refractivity contribution in [1.82, 2.24) is 4.98 Å². The van der Waals surface area contributed by atoms with Crippen LogP contribution in [0.3, 0.4) is 0 Å². The average molecular weight is 393 g/mol. The number of alkyl halides is 3. The normalized spacial score (nSPS) is 11.2. The van der Waals surface area contributed by atoms with Gasteiger partial charge in [-0.3, -0.25) is 20.2 Å². The lowest BCUT2D eigenvalue weighted by Gasteiger charge is -2.08. The number of hydrogen-bond acceptors (Lipinski definition) is 5. The van der Waals surface area contributed by atoms with E-state index in [4.69, 9.17) is 0 Å². The first kappa shape index (κ1) is 18.5. The standard InChI is InChI=1S/C17H10F3N3O3S/c18-17(19,20)12-5-1-4-11(7-12)15(24)22-16-21-14(9-27-16)10-3-2-6-13(8-10)23(25)26/h1-9H,(H,21,22,24). The Bertz CT molecular complexity index is 1020. The van der Waals surface area contributed by atoms with Crippen molar-refractivity contribution in [3.05, 3.63) is 75.2 Å². The molecule has 138 valence electrons. The zero-order chi connectivity index (χ0) is 19.6. The molecular formula is C17H10F3N3O3S. The van der Waals surface area contributed by atoms with E-state index in [1.807, 2.05) is 0 Å². The van der Waals surface area contributed by atoms with Crippen molar-refractivity contribution in [2.75, 3.05) is 5.32 Å². The van der Waals surface area contributed by atoms with Gasteiger partial charge in [-0.1, -0.05) is 18.2 Å². The molecule has 1 heterocycles. The monoisotopic (exact) mass is 393 g/mol. The van der Waals surface area contributed by atoms with Crippen LogP contribution in [-0.2, 0) is 6.18 Å². The third-order valence-corrected chi connectivity index (χ3v) is 4.29. The van der Waals surface area contributed by atoms with Crippen molar-refractivity contribution in [3.8, 4) is 11.3 Å². The Balaban J connectivity index is 1.79. The molecule has 0 aliphatic heterocycles. The summed E-state index contributed by atoms with van der Waals surface area (Å²) >= 11 is 1.06. The average Bonchev–Trinajstić information content (AvgIpc) is 3.09. The van der Waals surface area contributed by atoms with Crippen molar-refractivity contribution in [3.63, 3.8) is 0 Å². The van der Waals surface area contributed by atoms with Crippen LogP contribution in [0, 0.1) is 10.1 Å². The van der Waals surface area contributed by atoms with Gasteiger partial charge in [-0.15, -0.1) is 11.3 Å². The summed E-state index contributed by atoms with van der Waals surface area (Å²) < 4.78 is 38.2. The number of aromatic nitrogens is 1. The van der Waals surface area contributed by atoms with Crippen LogP contribution in [0.5, 0.6) is 0 Å². The van der Waals surface area contributed by atoms with Crippen LogP contribution in [-0.4, -0.2) is 15.8 Å². The number of non-ortho nitro benzene ring substituents is 1. The van der Waals surface area contributed by atoms with Gasteiger partial charge in [0.05, 0.1) is 16.2 Å². The third-order valence-electron chi connectivity index (χ3n) is 3.53. The van der Waals surface area contributed by atoms with Gasteiger partial charge in [0, 0.05) is 28.6 Å². The van der Waals surface area contributed by atoms with Gasteiger partial charge in [-0.05, 0) is 18.2 Å². The number of nitrogens with one attached hydrogen (secondary N) is 1. The fraction of sp³-hybridized carbons (Fsp3) is 0.0588. The predicted octanol–water partition coefficient (Wildman–Crippen LogP) is 4.99. The molecule has 0 fully saturated rings. The minimum Gasteiger partial charge on any atom is -0.298 e. The van der Waals surface area contributed by atoms with E-state index in [2.05, 4.69) is 10.3 Å². The SMILES string of the molecule is O=C(Nc1nc(-c2cccc([N+](=O)[O-])c2)cs1)c1cccc(C(F)(F)F)c1. The fourth-order valence-electron chi connectivity index (χ4n) is 2.25. The van der Waals surface area contributed by atoms with Crippen LogP contribution in [0.2, 0.25) is 0 Å². The largest absolute Gasteiger partial charge is 0.416 e. The molecule has 3 rings (SSSR count). The van der Waals surface area contributed by atoms with E-state index in [0.717, 1.165) is 29.5 Å². The van der Waals surface area contributed by atoms with E-state index in [1.165, 1.54) is 24.3 Å². The topological polar surface area (TPSA) is 85.1 Å². The van der Waals surface area contributed by atoms with Gasteiger partial charge in [0.2, 0.25) is 0 Å². The smallest absolute Gasteiger partial charge is 0.298 e. The van der Waals surface area contributed by atoms with Crippen molar-refractivity contribution in [1.29, 1.82) is 0 Å². The van der Waals surface area contributed by atoms with E-state index >= 15 is 0 Å². The number of halogens is 3. The highest BCUT2D eigenvalue weighted by molar-refractivity contribution is 7.14. The highest BCUT2D eigenvalue weighted by Gasteiger charge is 2.31. The van der Waals surface area contributed by atoms with Gasteiger partial charge < -0.3 is 0 Å². The summed E-state index contributed by atoms with van der Waals surface area (Å²) in [4.78, 5) is 26.6. The van der Waals surface area contributed by atoms with Crippen molar-refractivity contribution in [2.45, 2.75) is 6.18 Å². The summed E-state index contributed by atoms with van der Waals surface area (Å²) in [6.07, 6.45) is -4.55. The number of nitro benzene ring substituents is 1. The number of carbonyl (C=O) groups is 1. The van der Waals surface area contributed by atoms with E-state index < -0.39 is 22.6 Å². The van der Waals surface area contributed by atoms with Gasteiger partial charge in [0.25, 0.3) is 11.6 Å². The lowest BCUT2D eigenvalue weighted by molar-refractivity contribution is -0.384. The second-order valence-electron chi connectivity index (χ2n) is 5.38. The predicted molar refractivity (Wildman–Crippen MR) is 93.6 cm³/mol. The Hall–Kier alpha value is -3.27. The van der Waals surface area contributed by atoms with Crippen molar-refractivity contribution >= 4 is 28.1 Å². The molecule has 0 saturated carbocycles. The summed E-state index contributed by atoms with van der Waals surface area (Å²) in [7, 11) is 0. The van der Waals surface area contributed by atoms with Crippen molar-refractivity contribution in [2.24, 2.45) is 0 Å². The highest BCUT2D eigenvalue weighted by Crippen LogP contribution is 2.30. The number of nitrogens with zero attached hydrogens (tertiary/aromatic N) is 2. The Morgan fingerprint density at radius 3 is 2.59 bits per heavy atom. The van der Waals surface area contributed by atoms with E-state index in [1.54, 1.807) is 11.4 Å². The van der Waals surface area contributed by atoms with E-state index in [-0.39, 0.29) is 16.4 Å². The Labute approximate surface area is 154 Å². The molecule has 2 aromatic carbocycles. The second kappa shape index (κ2) is 7.16. The molecule has 0 aliphatic rings. The number of rotatable bonds is 4. The molecule has 0 aliphatic carbocycles. The minimum atomic E-state index is -4.55. The molecule has 0 bridgehead atoms. The quantitative estimate of drug-likeness (QED) is 0.500. The number of anilines is 1. The molecular weight excluding hydrogens is 383 g/mol. The lowest BCUT2D eigenvalue weighted by Crippen LogP contribution is -2.13. The number of carbonyl (C=O) groups excluding carboxylic acids is 1. The molecule has 0 spiro atoms. The number of nitro groups is 1. The number of amides is 1. The summed E-state index contributed by atoms with van der Waals surface area (Å²) in [6, 6.07) is 9.85. The van der Waals surface area contributed by atoms with Crippen LogP contribution in [0.1, 0.15) is 15.9 Å². The highest BCUT2D eigenvalue weighted by atomic mass is 32.1. The molecule has 1 amide bonds. The Kier molecular flexibility index (Phi) is 4.91. The Morgan fingerprint density at radius 2 is 1.89 bits per heavy atom. The van der Waals surface area contributed by atoms with Crippen LogP contribution in [0.25, 0.3) is 11.3 Å². The van der Waals surface area contributed by atoms with Gasteiger partial charge in [0.15, 0.2) is 5.13 Å². The second-order valence-corrected chi connectivity index (χ2v) is 6.24. The first-order valence-electron chi connectivity index (χ1n) is 7.43. The van der Waals surface area contributed by atoms with E-state index in [0.29, 0.717) is 11.3 Å². The number of benzene rings is 2. The number of hydrogen-bond donors (Lipinski definition) is 1. The summed E-state index contributed by atoms with van der Waals surface area (Å²) in [5, 5.41) is 15.0. The number of thiazole rings is 1. The van der Waals surface area contributed by atoms with Gasteiger partial charge in [0.1, 0.15) is 0 Å². The van der Waals surface area contributed by atoms with Crippen LogP contribution < -0.4 is 5.32 Å². The van der Waals surface area contributed by atoms with Gasteiger partial charge in [-0.2, -0.15) is 13.2 Å². The molecule has 1 N–H and O–H groups in total. The third kappa shape index (κ3) is 4.29. The zero-order valence-electron chi connectivity index (χ0n) is 13.4. The van der Waals surface area contributed by atoms with Crippen LogP contribution in [0.4, 0.5) is 24.0 Å². The molecule has 1 aromatic heterocycles. The molecule has 0 saturated heterocycles. The molecule has 0 radical (unpaired) electrons. The maximum absolute atomic E-state index is 12.7. The summed E-state index contributed by atoms with van der Waals surface area (Å²) in [6.45, 7) is 0. The molecule has 10 heteroatoms. The van der Waals surface area contributed by atoms with Crippen LogP contribution >= 0.6 is 11.3 Å². The molecule has 3 aromatic rings. The molecule has 27 heavy (non-hydrogen) atoms. The maximum atomic E-state index is 12.7. The van der Waals surface area contributed by atoms with Crippen LogP contribution in [0.15, 0.2) is 53.9 Å². The van der Waals surface area contributed by atoms with Gasteiger partial charge in [-0.25, -0.2) is 4.98 Å². The van der Waals surface area contributed by atoms with Crippen molar-refractivity contribution < 1.29 is 22.9 Å². The minimum absolute atomic E-state index is 0.102. The molecule has 6 nitrogen and oxygen atoms in total. The first-order chi connectivity index (χ1) is 12.7. The molecule has 0 unspecified atom stereocenters. The zero-order valence-corrected chi connectivity index (χ0v) is 14.2. The lowest BCUT2D eigenvalue weighted by atomic mass is 10.1. The fourth-order valence-corrected chi connectivity index (χ4v) is 2.96. The molecule has 0 atom stereocenters. The first-order valence-corrected chi connectivity index (χ1v) is 8.31. The summed E-state index contributed by atoms with van der Waals surface area (Å²) in [5.74, 6) is -0.735.